The van der Waals surface area contributed by atoms with E-state index in [1.807, 2.05) is 0 Å². The predicted octanol–water partition coefficient (Wildman–Crippen LogP) is 2.14. The third kappa shape index (κ3) is 4.63. The van der Waals surface area contributed by atoms with Gasteiger partial charge < -0.3 is 4.74 Å². The van der Waals surface area contributed by atoms with Crippen LogP contribution < -0.4 is 0 Å². The van der Waals surface area contributed by atoms with Gasteiger partial charge in [0.1, 0.15) is 0 Å². The van der Waals surface area contributed by atoms with E-state index in [4.69, 9.17) is 4.74 Å². The van der Waals surface area contributed by atoms with Crippen molar-refractivity contribution in [3.8, 4) is 0 Å². The molecule has 0 aliphatic carbocycles. The molecule has 78 valence electrons. The van der Waals surface area contributed by atoms with E-state index >= 15 is 0 Å². The van der Waals surface area contributed by atoms with Crippen molar-refractivity contribution in [2.45, 2.75) is 33.1 Å². The summed E-state index contributed by atoms with van der Waals surface area (Å²) in [4.78, 5) is 2.52. The van der Waals surface area contributed by atoms with E-state index in [0.717, 1.165) is 32.2 Å². The van der Waals surface area contributed by atoms with Gasteiger partial charge in [-0.1, -0.05) is 26.7 Å². The molecule has 0 bridgehead atoms. The van der Waals surface area contributed by atoms with Crippen molar-refractivity contribution < 1.29 is 4.74 Å². The first-order valence-corrected chi connectivity index (χ1v) is 5.63. The zero-order valence-electron chi connectivity index (χ0n) is 9.09. The summed E-state index contributed by atoms with van der Waals surface area (Å²) in [5.74, 6) is 0.896. The molecule has 1 heterocycles. The van der Waals surface area contributed by atoms with Crippen LogP contribution in [0.5, 0.6) is 0 Å². The largest absolute Gasteiger partial charge is 0.379 e. The average molecular weight is 185 g/mol. The number of hydrogen-bond donors (Lipinski definition) is 0. The fourth-order valence-electron chi connectivity index (χ4n) is 1.86. The van der Waals surface area contributed by atoms with Crippen LogP contribution >= 0.6 is 0 Å². The second kappa shape index (κ2) is 6.39. The van der Waals surface area contributed by atoms with E-state index in [-0.39, 0.29) is 0 Å². The lowest BCUT2D eigenvalue weighted by molar-refractivity contribution is 0.0355. The summed E-state index contributed by atoms with van der Waals surface area (Å²) in [7, 11) is 0. The van der Waals surface area contributed by atoms with E-state index in [1.165, 1.54) is 25.8 Å². The first-order valence-electron chi connectivity index (χ1n) is 5.63. The van der Waals surface area contributed by atoms with Gasteiger partial charge in [-0.25, -0.2) is 0 Å². The van der Waals surface area contributed by atoms with Crippen molar-refractivity contribution in [3.63, 3.8) is 0 Å². The number of nitrogens with zero attached hydrogens (tertiary/aromatic N) is 1. The van der Waals surface area contributed by atoms with Gasteiger partial charge in [0.05, 0.1) is 13.2 Å². The number of rotatable bonds is 5. The van der Waals surface area contributed by atoms with Crippen molar-refractivity contribution >= 4 is 0 Å². The lowest BCUT2D eigenvalue weighted by atomic mass is 10.0. The normalized spacial score (nSPS) is 21.7. The molecule has 0 spiro atoms. The topological polar surface area (TPSA) is 12.5 Å². The first-order chi connectivity index (χ1) is 6.33. The van der Waals surface area contributed by atoms with Crippen molar-refractivity contribution in [3.05, 3.63) is 0 Å². The van der Waals surface area contributed by atoms with Crippen LogP contribution in [0.3, 0.4) is 0 Å². The van der Waals surface area contributed by atoms with Crippen LogP contribution in [0.2, 0.25) is 0 Å². The molecule has 0 aromatic heterocycles. The highest BCUT2D eigenvalue weighted by Gasteiger charge is 2.10. The molecule has 0 N–H and O–H groups in total. The molecule has 0 saturated carbocycles. The van der Waals surface area contributed by atoms with Crippen molar-refractivity contribution in [2.24, 2.45) is 5.92 Å². The molecule has 1 fully saturated rings. The molecule has 0 aromatic rings. The fraction of sp³-hybridized carbons (Fsp3) is 1.00. The highest BCUT2D eigenvalue weighted by atomic mass is 16.5. The Bertz CT molecular complexity index is 121. The number of hydrogen-bond acceptors (Lipinski definition) is 2. The van der Waals surface area contributed by atoms with E-state index in [1.54, 1.807) is 0 Å². The summed E-state index contributed by atoms with van der Waals surface area (Å²) in [5.41, 5.74) is 0. The molecule has 1 aliphatic heterocycles. The van der Waals surface area contributed by atoms with Gasteiger partial charge in [-0.3, -0.25) is 4.90 Å². The van der Waals surface area contributed by atoms with E-state index in [9.17, 15) is 0 Å². The van der Waals surface area contributed by atoms with Gasteiger partial charge in [0.25, 0.3) is 0 Å². The van der Waals surface area contributed by atoms with Gasteiger partial charge in [0.2, 0.25) is 0 Å². The third-order valence-electron chi connectivity index (χ3n) is 2.82. The maximum Gasteiger partial charge on any atom is 0.0594 e. The summed E-state index contributed by atoms with van der Waals surface area (Å²) in [6.07, 6.45) is 4.06. The molecule has 0 radical (unpaired) electrons. The molecule has 0 aromatic carbocycles. The number of morpholine rings is 1. The Labute approximate surface area is 82.3 Å². The summed E-state index contributed by atoms with van der Waals surface area (Å²) in [6.45, 7) is 10.0. The Morgan fingerprint density at radius 1 is 1.23 bits per heavy atom. The molecular formula is C11H23NO. The van der Waals surface area contributed by atoms with E-state index in [0.29, 0.717) is 0 Å². The Kier molecular flexibility index (Phi) is 5.40. The second-order valence-corrected chi connectivity index (χ2v) is 4.14. The van der Waals surface area contributed by atoms with Crippen LogP contribution in [0.25, 0.3) is 0 Å². The van der Waals surface area contributed by atoms with Crippen LogP contribution in [0.4, 0.5) is 0 Å². The summed E-state index contributed by atoms with van der Waals surface area (Å²) >= 11 is 0. The van der Waals surface area contributed by atoms with Crippen LogP contribution in [-0.4, -0.2) is 37.7 Å². The highest BCUT2D eigenvalue weighted by Crippen LogP contribution is 2.11. The van der Waals surface area contributed by atoms with Gasteiger partial charge in [-0.2, -0.15) is 0 Å². The molecule has 1 aliphatic rings. The minimum atomic E-state index is 0.896. The summed E-state index contributed by atoms with van der Waals surface area (Å²) < 4.78 is 5.31. The summed E-state index contributed by atoms with van der Waals surface area (Å²) in [6, 6.07) is 0. The molecule has 1 atom stereocenters. The fourth-order valence-corrected chi connectivity index (χ4v) is 1.86. The molecule has 1 rings (SSSR count). The molecular weight excluding hydrogens is 162 g/mol. The quantitative estimate of drug-likeness (QED) is 0.650. The average Bonchev–Trinajstić information content (AvgIpc) is 2.17. The van der Waals surface area contributed by atoms with Gasteiger partial charge in [-0.05, 0) is 18.9 Å². The number of ether oxygens (including phenoxy) is 1. The maximum atomic E-state index is 5.31. The predicted molar refractivity (Wildman–Crippen MR) is 55.9 cm³/mol. The first kappa shape index (κ1) is 11.0. The van der Waals surface area contributed by atoms with Gasteiger partial charge in [-0.15, -0.1) is 0 Å². The Balaban J connectivity index is 2.03. The van der Waals surface area contributed by atoms with Gasteiger partial charge in [0.15, 0.2) is 0 Å². The smallest absolute Gasteiger partial charge is 0.0594 e. The highest BCUT2D eigenvalue weighted by molar-refractivity contribution is 4.63. The molecule has 1 saturated heterocycles. The monoisotopic (exact) mass is 185 g/mol. The van der Waals surface area contributed by atoms with Crippen LogP contribution in [0.1, 0.15) is 33.1 Å². The Morgan fingerprint density at radius 2 is 1.92 bits per heavy atom. The van der Waals surface area contributed by atoms with Gasteiger partial charge >= 0.3 is 0 Å². The van der Waals surface area contributed by atoms with E-state index in [2.05, 4.69) is 18.7 Å². The zero-order valence-corrected chi connectivity index (χ0v) is 9.09. The van der Waals surface area contributed by atoms with Crippen LogP contribution in [0.15, 0.2) is 0 Å². The third-order valence-corrected chi connectivity index (χ3v) is 2.82. The van der Waals surface area contributed by atoms with E-state index < -0.39 is 0 Å². The molecule has 13 heavy (non-hydrogen) atoms. The lowest BCUT2D eigenvalue weighted by Gasteiger charge is -2.27. The van der Waals surface area contributed by atoms with Crippen molar-refractivity contribution in [1.82, 2.24) is 4.90 Å². The molecule has 0 amide bonds. The summed E-state index contributed by atoms with van der Waals surface area (Å²) in [5, 5.41) is 0. The van der Waals surface area contributed by atoms with Crippen molar-refractivity contribution in [2.75, 3.05) is 32.8 Å². The lowest BCUT2D eigenvalue weighted by Crippen LogP contribution is -2.37. The standard InChI is InChI=1S/C11H23NO/c1-3-4-11(2)5-6-12-7-9-13-10-8-12/h11H,3-10H2,1-2H3. The Hall–Kier alpha value is -0.0800. The minimum Gasteiger partial charge on any atom is -0.379 e. The van der Waals surface area contributed by atoms with Crippen molar-refractivity contribution in [1.29, 1.82) is 0 Å². The van der Waals surface area contributed by atoms with Crippen LogP contribution in [0, 0.1) is 5.92 Å². The molecule has 2 nitrogen and oxygen atoms in total. The van der Waals surface area contributed by atoms with Gasteiger partial charge in [0, 0.05) is 13.1 Å². The Morgan fingerprint density at radius 3 is 2.54 bits per heavy atom. The van der Waals surface area contributed by atoms with Crippen LogP contribution in [-0.2, 0) is 4.74 Å². The minimum absolute atomic E-state index is 0.896. The SMILES string of the molecule is CCCC(C)CCN1CCOCC1. The molecule has 2 heteroatoms. The second-order valence-electron chi connectivity index (χ2n) is 4.14. The zero-order chi connectivity index (χ0) is 9.52. The maximum absolute atomic E-state index is 5.31. The molecule has 1 unspecified atom stereocenters.